The second-order valence-electron chi connectivity index (χ2n) is 12.9. The van der Waals surface area contributed by atoms with E-state index in [0.29, 0.717) is 17.5 Å². The zero-order valence-electron chi connectivity index (χ0n) is 27.5. The molecule has 8 aromatic carbocycles. The number of fused-ring (bicyclic) bond motifs is 5. The first-order valence-electron chi connectivity index (χ1n) is 17.1. The molecule has 2 aromatic heterocycles. The molecule has 2 heterocycles. The smallest absolute Gasteiger partial charge is 0.164 e. The van der Waals surface area contributed by atoms with E-state index in [4.69, 9.17) is 19.4 Å². The minimum Gasteiger partial charge on any atom is -0.456 e. The van der Waals surface area contributed by atoms with E-state index in [0.717, 1.165) is 71.7 Å². The maximum Gasteiger partial charge on any atom is 0.164 e. The fourth-order valence-electron chi connectivity index (χ4n) is 7.11. The Morgan fingerprint density at radius 2 is 0.882 bits per heavy atom. The van der Waals surface area contributed by atoms with Gasteiger partial charge in [-0.3, -0.25) is 0 Å². The number of aromatic nitrogens is 3. The van der Waals surface area contributed by atoms with E-state index in [1.165, 1.54) is 10.8 Å². The van der Waals surface area contributed by atoms with Crippen LogP contribution in [0.15, 0.2) is 180 Å². The van der Waals surface area contributed by atoms with Crippen LogP contribution in [-0.2, 0) is 0 Å². The molecule has 0 aliphatic heterocycles. The maximum absolute atomic E-state index is 6.70. The number of nitrogens with zero attached hydrogens (tertiary/aromatic N) is 3. The second kappa shape index (κ2) is 11.9. The Balaban J connectivity index is 1.26. The molecular weight excluding hydrogens is 623 g/mol. The van der Waals surface area contributed by atoms with Crippen molar-refractivity contribution < 1.29 is 4.42 Å². The molecule has 0 amide bonds. The quantitative estimate of drug-likeness (QED) is 0.186. The van der Waals surface area contributed by atoms with Crippen molar-refractivity contribution in [3.8, 4) is 56.4 Å². The summed E-state index contributed by atoms with van der Waals surface area (Å²) < 4.78 is 6.70. The molecule has 0 N–H and O–H groups in total. The molecule has 0 aliphatic rings. The number of furan rings is 1. The van der Waals surface area contributed by atoms with Crippen molar-refractivity contribution in [2.75, 3.05) is 0 Å². The van der Waals surface area contributed by atoms with Gasteiger partial charge in [-0.05, 0) is 80.2 Å². The van der Waals surface area contributed by atoms with Crippen LogP contribution in [0, 0.1) is 0 Å². The van der Waals surface area contributed by atoms with Gasteiger partial charge >= 0.3 is 0 Å². The van der Waals surface area contributed by atoms with Gasteiger partial charge in [0.25, 0.3) is 0 Å². The van der Waals surface area contributed by atoms with E-state index < -0.39 is 0 Å². The molecule has 0 radical (unpaired) electrons. The normalized spacial score (nSPS) is 11.5. The lowest BCUT2D eigenvalue weighted by atomic mass is 9.96. The Morgan fingerprint density at radius 3 is 1.65 bits per heavy atom. The van der Waals surface area contributed by atoms with Gasteiger partial charge in [0.05, 0.1) is 0 Å². The highest BCUT2D eigenvalue weighted by molar-refractivity contribution is 6.16. The summed E-state index contributed by atoms with van der Waals surface area (Å²) in [6.45, 7) is 0. The average Bonchev–Trinajstić information content (AvgIpc) is 3.57. The minimum absolute atomic E-state index is 0.590. The molecule has 0 bridgehead atoms. The molecule has 0 saturated carbocycles. The Kier molecular flexibility index (Phi) is 6.78. The Hall–Kier alpha value is -6.91. The van der Waals surface area contributed by atoms with E-state index in [2.05, 4.69) is 140 Å². The summed E-state index contributed by atoms with van der Waals surface area (Å²) in [5, 5.41) is 6.67. The number of hydrogen-bond donors (Lipinski definition) is 0. The number of benzene rings is 8. The third kappa shape index (κ3) is 5.22. The lowest BCUT2D eigenvalue weighted by Crippen LogP contribution is -2.01. The zero-order chi connectivity index (χ0) is 33.7. The van der Waals surface area contributed by atoms with Gasteiger partial charge in [0.15, 0.2) is 17.5 Å². The van der Waals surface area contributed by atoms with E-state index in [1.54, 1.807) is 0 Å². The summed E-state index contributed by atoms with van der Waals surface area (Å²) in [6, 6.07) is 61.1. The van der Waals surface area contributed by atoms with Crippen LogP contribution < -0.4 is 0 Å². The Bertz CT molecular complexity index is 2910. The molecule has 10 aromatic rings. The van der Waals surface area contributed by atoms with Crippen LogP contribution in [0.5, 0.6) is 0 Å². The predicted molar refractivity (Wildman–Crippen MR) is 209 cm³/mol. The third-order valence-electron chi connectivity index (χ3n) is 9.66. The van der Waals surface area contributed by atoms with Crippen molar-refractivity contribution in [3.63, 3.8) is 0 Å². The highest BCUT2D eigenvalue weighted by Gasteiger charge is 2.20. The van der Waals surface area contributed by atoms with Crippen LogP contribution in [0.1, 0.15) is 0 Å². The zero-order valence-corrected chi connectivity index (χ0v) is 27.5. The van der Waals surface area contributed by atoms with Crippen molar-refractivity contribution >= 4 is 43.5 Å². The van der Waals surface area contributed by atoms with Gasteiger partial charge in [-0.1, -0.05) is 140 Å². The molecule has 0 spiro atoms. The SMILES string of the molecule is c1ccc(-c2cccc(-c3nc(-c4ccccc4)nc(-c4cc(-c5ccc6ccccc6c5)cc5oc6cc7ccccc7cc6c45)n3)c2)cc1. The van der Waals surface area contributed by atoms with Crippen LogP contribution in [0.3, 0.4) is 0 Å². The van der Waals surface area contributed by atoms with Crippen molar-refractivity contribution in [2.24, 2.45) is 0 Å². The minimum atomic E-state index is 0.590. The summed E-state index contributed by atoms with van der Waals surface area (Å²) in [6.07, 6.45) is 0. The average molecular weight is 652 g/mol. The first kappa shape index (κ1) is 29.0. The lowest BCUT2D eigenvalue weighted by Gasteiger charge is -2.12. The van der Waals surface area contributed by atoms with E-state index in [9.17, 15) is 0 Å². The largest absolute Gasteiger partial charge is 0.456 e. The first-order chi connectivity index (χ1) is 25.2. The fourth-order valence-corrected chi connectivity index (χ4v) is 7.11. The van der Waals surface area contributed by atoms with Crippen molar-refractivity contribution in [3.05, 3.63) is 176 Å². The van der Waals surface area contributed by atoms with Crippen molar-refractivity contribution in [1.29, 1.82) is 0 Å². The van der Waals surface area contributed by atoms with Gasteiger partial charge in [0.2, 0.25) is 0 Å². The molecule has 238 valence electrons. The molecule has 0 fully saturated rings. The van der Waals surface area contributed by atoms with Gasteiger partial charge < -0.3 is 4.42 Å². The van der Waals surface area contributed by atoms with Crippen LogP contribution in [0.2, 0.25) is 0 Å². The van der Waals surface area contributed by atoms with E-state index in [1.807, 2.05) is 36.4 Å². The predicted octanol–water partition coefficient (Wildman–Crippen LogP) is 12.4. The molecule has 0 unspecified atom stereocenters. The van der Waals surface area contributed by atoms with Crippen LogP contribution >= 0.6 is 0 Å². The van der Waals surface area contributed by atoms with Gasteiger partial charge in [-0.15, -0.1) is 0 Å². The van der Waals surface area contributed by atoms with E-state index >= 15 is 0 Å². The standard InChI is InChI=1S/C47H29N3O/c1-3-12-30(13-4-1)34-20-11-21-38(25-34)46-48-45(32-15-5-2-6-16-32)49-47(50-46)41-27-39(37-23-22-31-14-7-8-17-33(31)24-37)29-43-44(41)40-26-35-18-9-10-19-36(35)28-42(40)51-43/h1-29H. The highest BCUT2D eigenvalue weighted by Crippen LogP contribution is 2.41. The Morgan fingerprint density at radius 1 is 0.314 bits per heavy atom. The van der Waals surface area contributed by atoms with Gasteiger partial charge in [0, 0.05) is 27.5 Å². The van der Waals surface area contributed by atoms with Crippen LogP contribution in [0.4, 0.5) is 0 Å². The fraction of sp³-hybridized carbons (Fsp3) is 0. The maximum atomic E-state index is 6.70. The second-order valence-corrected chi connectivity index (χ2v) is 12.9. The highest BCUT2D eigenvalue weighted by atomic mass is 16.3. The molecule has 4 heteroatoms. The summed E-state index contributed by atoms with van der Waals surface area (Å²) in [7, 11) is 0. The van der Waals surface area contributed by atoms with Gasteiger partial charge in [-0.2, -0.15) is 0 Å². The third-order valence-corrected chi connectivity index (χ3v) is 9.66. The molecule has 51 heavy (non-hydrogen) atoms. The molecular formula is C47H29N3O. The molecule has 0 aliphatic carbocycles. The number of hydrogen-bond acceptors (Lipinski definition) is 4. The Labute approximate surface area is 294 Å². The number of rotatable bonds is 5. The monoisotopic (exact) mass is 651 g/mol. The van der Waals surface area contributed by atoms with Crippen molar-refractivity contribution in [1.82, 2.24) is 15.0 Å². The van der Waals surface area contributed by atoms with Crippen molar-refractivity contribution in [2.45, 2.75) is 0 Å². The van der Waals surface area contributed by atoms with E-state index in [-0.39, 0.29) is 0 Å². The van der Waals surface area contributed by atoms with Gasteiger partial charge in [0.1, 0.15) is 11.2 Å². The van der Waals surface area contributed by atoms with Crippen LogP contribution in [0.25, 0.3) is 99.9 Å². The van der Waals surface area contributed by atoms with Crippen LogP contribution in [-0.4, -0.2) is 15.0 Å². The summed E-state index contributed by atoms with van der Waals surface area (Å²) in [4.78, 5) is 15.5. The summed E-state index contributed by atoms with van der Waals surface area (Å²) >= 11 is 0. The summed E-state index contributed by atoms with van der Waals surface area (Å²) in [5.74, 6) is 1.81. The lowest BCUT2D eigenvalue weighted by molar-refractivity contribution is 0.669. The molecule has 0 saturated heterocycles. The molecule has 4 nitrogen and oxygen atoms in total. The molecule has 10 rings (SSSR count). The summed E-state index contributed by atoms with van der Waals surface area (Å²) in [5.41, 5.74) is 8.71. The van der Waals surface area contributed by atoms with Gasteiger partial charge in [-0.25, -0.2) is 15.0 Å². The molecule has 0 atom stereocenters. The first-order valence-corrected chi connectivity index (χ1v) is 17.1. The topological polar surface area (TPSA) is 51.8 Å².